The summed E-state index contributed by atoms with van der Waals surface area (Å²) in [6, 6.07) is 3.10. The Balaban J connectivity index is 2.25. The van der Waals surface area contributed by atoms with E-state index >= 15 is 0 Å². The number of aliphatic imine (C=N–C) groups is 1. The molecule has 1 aromatic carbocycles. The molecule has 0 N–H and O–H groups in total. The topological polar surface area (TPSA) is 55.7 Å². The minimum atomic E-state index is -0.387. The molecule has 0 bridgehead atoms. The summed E-state index contributed by atoms with van der Waals surface area (Å²) < 4.78 is 5.15. The Bertz CT molecular complexity index is 664. The third-order valence-electron chi connectivity index (χ3n) is 2.75. The molecular formula is C16H13Cl2NO3. The van der Waals surface area contributed by atoms with E-state index < -0.39 is 0 Å². The van der Waals surface area contributed by atoms with Crippen LogP contribution in [0.15, 0.2) is 41.4 Å². The lowest BCUT2D eigenvalue weighted by Crippen LogP contribution is -2.07. The molecule has 0 fully saturated rings. The van der Waals surface area contributed by atoms with Gasteiger partial charge in [-0.15, -0.1) is 0 Å². The predicted molar refractivity (Wildman–Crippen MR) is 87.4 cm³/mol. The fraction of sp³-hybridized carbons (Fsp3) is 0.188. The number of halogens is 2. The van der Waals surface area contributed by atoms with E-state index in [4.69, 9.17) is 27.9 Å². The standard InChI is InChI=1S/C16H13Cl2NO3/c1-2-3-15(21)22-16-13(17)8-11(9-14(16)18)19-10-4-6-12(20)7-5-10/h4-9H,2-3H2,1H3. The molecule has 1 aromatic rings. The van der Waals surface area contributed by atoms with Crippen LogP contribution in [0.3, 0.4) is 0 Å². The Kier molecular flexibility index (Phi) is 5.52. The number of esters is 1. The summed E-state index contributed by atoms with van der Waals surface area (Å²) in [6.45, 7) is 1.87. The molecule has 4 nitrogen and oxygen atoms in total. The SMILES string of the molecule is CCCC(=O)Oc1c(Cl)cc(N=C2C=CC(=O)C=C2)cc1Cl. The molecule has 0 atom stereocenters. The number of rotatable bonds is 4. The average Bonchev–Trinajstić information content (AvgIpc) is 2.46. The number of ketones is 1. The second kappa shape index (κ2) is 7.38. The van der Waals surface area contributed by atoms with Gasteiger partial charge in [0.05, 0.1) is 21.4 Å². The Morgan fingerprint density at radius 2 is 1.73 bits per heavy atom. The Hall–Kier alpha value is -1.91. The van der Waals surface area contributed by atoms with Crippen LogP contribution in [0.2, 0.25) is 10.0 Å². The minimum Gasteiger partial charge on any atom is -0.423 e. The highest BCUT2D eigenvalue weighted by Crippen LogP contribution is 2.37. The number of carbonyl (C=O) groups is 2. The van der Waals surface area contributed by atoms with Gasteiger partial charge in [-0.1, -0.05) is 30.1 Å². The van der Waals surface area contributed by atoms with E-state index in [2.05, 4.69) is 4.99 Å². The number of carbonyl (C=O) groups excluding carboxylic acids is 2. The lowest BCUT2D eigenvalue weighted by Gasteiger charge is -2.09. The number of hydrogen-bond acceptors (Lipinski definition) is 4. The highest BCUT2D eigenvalue weighted by Gasteiger charge is 2.13. The molecule has 1 aliphatic carbocycles. The Labute approximate surface area is 138 Å². The summed E-state index contributed by atoms with van der Waals surface area (Å²) in [4.78, 5) is 26.9. The van der Waals surface area contributed by atoms with Crippen molar-refractivity contribution in [2.45, 2.75) is 19.8 Å². The van der Waals surface area contributed by atoms with Crippen LogP contribution >= 0.6 is 23.2 Å². The maximum Gasteiger partial charge on any atom is 0.311 e. The summed E-state index contributed by atoms with van der Waals surface area (Å²) >= 11 is 12.2. The molecule has 0 saturated carbocycles. The fourth-order valence-corrected chi connectivity index (χ4v) is 2.30. The fourth-order valence-electron chi connectivity index (χ4n) is 1.75. The van der Waals surface area contributed by atoms with Crippen molar-refractivity contribution in [3.8, 4) is 5.75 Å². The van der Waals surface area contributed by atoms with Crippen LogP contribution in [0.4, 0.5) is 5.69 Å². The molecule has 6 heteroatoms. The van der Waals surface area contributed by atoms with Gasteiger partial charge < -0.3 is 4.74 Å². The first-order valence-corrected chi connectivity index (χ1v) is 7.43. The van der Waals surface area contributed by atoms with Crippen molar-refractivity contribution in [2.75, 3.05) is 0 Å². The van der Waals surface area contributed by atoms with Crippen LogP contribution in [-0.4, -0.2) is 17.5 Å². The van der Waals surface area contributed by atoms with Gasteiger partial charge in [-0.2, -0.15) is 0 Å². The molecule has 0 amide bonds. The van der Waals surface area contributed by atoms with Gasteiger partial charge in [0.1, 0.15) is 0 Å². The van der Waals surface area contributed by atoms with E-state index in [1.54, 1.807) is 24.3 Å². The molecule has 1 aliphatic rings. The predicted octanol–water partition coefficient (Wildman–Crippen LogP) is 4.47. The molecule has 0 spiro atoms. The van der Waals surface area contributed by atoms with Gasteiger partial charge >= 0.3 is 5.97 Å². The highest BCUT2D eigenvalue weighted by molar-refractivity contribution is 6.37. The molecule has 0 aliphatic heterocycles. The lowest BCUT2D eigenvalue weighted by atomic mass is 10.1. The van der Waals surface area contributed by atoms with Crippen LogP contribution in [0.25, 0.3) is 0 Å². The number of ether oxygens (including phenoxy) is 1. The molecule has 22 heavy (non-hydrogen) atoms. The quantitative estimate of drug-likeness (QED) is 0.462. The largest absolute Gasteiger partial charge is 0.423 e. The number of nitrogens with zero attached hydrogens (tertiary/aromatic N) is 1. The first-order valence-electron chi connectivity index (χ1n) is 6.68. The van der Waals surface area contributed by atoms with Gasteiger partial charge in [0.15, 0.2) is 11.5 Å². The first-order chi connectivity index (χ1) is 10.5. The molecular weight excluding hydrogens is 325 g/mol. The summed E-state index contributed by atoms with van der Waals surface area (Å²) in [7, 11) is 0. The maximum atomic E-state index is 11.5. The van der Waals surface area contributed by atoms with E-state index in [0.29, 0.717) is 24.2 Å². The second-order valence-corrected chi connectivity index (χ2v) is 5.38. The lowest BCUT2D eigenvalue weighted by molar-refractivity contribution is -0.134. The number of allylic oxidation sites excluding steroid dienone is 4. The average molecular weight is 338 g/mol. The molecule has 0 aromatic heterocycles. The van der Waals surface area contributed by atoms with Gasteiger partial charge in [-0.25, -0.2) is 4.99 Å². The Morgan fingerprint density at radius 1 is 1.14 bits per heavy atom. The zero-order valence-corrected chi connectivity index (χ0v) is 13.3. The highest BCUT2D eigenvalue weighted by atomic mass is 35.5. The van der Waals surface area contributed by atoms with E-state index in [-0.39, 0.29) is 27.5 Å². The van der Waals surface area contributed by atoms with Crippen molar-refractivity contribution in [1.82, 2.24) is 0 Å². The number of benzene rings is 1. The van der Waals surface area contributed by atoms with Crippen molar-refractivity contribution in [2.24, 2.45) is 4.99 Å². The zero-order chi connectivity index (χ0) is 16.1. The second-order valence-electron chi connectivity index (χ2n) is 4.57. The van der Waals surface area contributed by atoms with Crippen LogP contribution < -0.4 is 4.74 Å². The zero-order valence-electron chi connectivity index (χ0n) is 11.8. The summed E-state index contributed by atoms with van der Waals surface area (Å²) in [5.41, 5.74) is 1.10. The monoisotopic (exact) mass is 337 g/mol. The van der Waals surface area contributed by atoms with Crippen LogP contribution in [0, 0.1) is 0 Å². The van der Waals surface area contributed by atoms with Crippen LogP contribution in [0.1, 0.15) is 19.8 Å². The molecule has 114 valence electrons. The third-order valence-corrected chi connectivity index (χ3v) is 3.31. The molecule has 2 rings (SSSR count). The van der Waals surface area contributed by atoms with Gasteiger partial charge in [-0.3, -0.25) is 9.59 Å². The molecule has 0 heterocycles. The van der Waals surface area contributed by atoms with Gasteiger partial charge in [0, 0.05) is 6.42 Å². The molecule has 0 unspecified atom stereocenters. The van der Waals surface area contributed by atoms with Crippen molar-refractivity contribution in [3.63, 3.8) is 0 Å². The Morgan fingerprint density at radius 3 is 2.27 bits per heavy atom. The van der Waals surface area contributed by atoms with Crippen molar-refractivity contribution < 1.29 is 14.3 Å². The van der Waals surface area contributed by atoms with E-state index in [1.165, 1.54) is 12.2 Å². The van der Waals surface area contributed by atoms with Gasteiger partial charge in [-0.05, 0) is 42.9 Å². The van der Waals surface area contributed by atoms with Crippen molar-refractivity contribution in [1.29, 1.82) is 0 Å². The third kappa shape index (κ3) is 4.29. The maximum absolute atomic E-state index is 11.5. The summed E-state index contributed by atoms with van der Waals surface area (Å²) in [5, 5.41) is 0.410. The van der Waals surface area contributed by atoms with E-state index in [9.17, 15) is 9.59 Å². The molecule has 0 radical (unpaired) electrons. The van der Waals surface area contributed by atoms with E-state index in [1.807, 2.05) is 6.92 Å². The summed E-state index contributed by atoms with van der Waals surface area (Å²) in [5.74, 6) is -0.342. The van der Waals surface area contributed by atoms with Crippen molar-refractivity contribution >= 4 is 46.4 Å². The summed E-state index contributed by atoms with van der Waals surface area (Å²) in [6.07, 6.45) is 7.00. The number of hydrogen-bond donors (Lipinski definition) is 0. The van der Waals surface area contributed by atoms with Gasteiger partial charge in [0.2, 0.25) is 0 Å². The smallest absolute Gasteiger partial charge is 0.311 e. The van der Waals surface area contributed by atoms with Crippen LogP contribution in [0.5, 0.6) is 5.75 Å². The first kappa shape index (κ1) is 16.5. The molecule has 0 saturated heterocycles. The normalized spacial score (nSPS) is 13.4. The van der Waals surface area contributed by atoms with Gasteiger partial charge in [0.25, 0.3) is 0 Å². The van der Waals surface area contributed by atoms with E-state index in [0.717, 1.165) is 0 Å². The minimum absolute atomic E-state index is 0.0896. The van der Waals surface area contributed by atoms with Crippen molar-refractivity contribution in [3.05, 3.63) is 46.5 Å². The van der Waals surface area contributed by atoms with Crippen LogP contribution in [-0.2, 0) is 9.59 Å².